The van der Waals surface area contributed by atoms with Gasteiger partial charge >= 0.3 is 5.97 Å². The molecule has 0 spiro atoms. The first kappa shape index (κ1) is 13.9. The molecule has 1 aromatic carbocycles. The molecule has 0 aliphatic heterocycles. The third kappa shape index (κ3) is 3.96. The van der Waals surface area contributed by atoms with Crippen LogP contribution in [0.5, 0.6) is 5.75 Å². The van der Waals surface area contributed by atoms with Crippen molar-refractivity contribution in [3.05, 3.63) is 29.8 Å². The summed E-state index contributed by atoms with van der Waals surface area (Å²) in [4.78, 5) is 12.0. The number of rotatable bonds is 7. The molecule has 0 bridgehead atoms. The molecule has 1 aliphatic carbocycles. The molecule has 0 saturated heterocycles. The summed E-state index contributed by atoms with van der Waals surface area (Å²) in [6, 6.07) is 7.69. The molecule has 0 amide bonds. The number of esters is 1. The van der Waals surface area contributed by atoms with Crippen LogP contribution in [-0.2, 0) is 9.53 Å². The lowest BCUT2D eigenvalue weighted by atomic mass is 10.1. The summed E-state index contributed by atoms with van der Waals surface area (Å²) in [7, 11) is 0. The summed E-state index contributed by atoms with van der Waals surface area (Å²) < 4.78 is 10.5. The van der Waals surface area contributed by atoms with Crippen molar-refractivity contribution in [2.45, 2.75) is 38.8 Å². The molecule has 104 valence electrons. The van der Waals surface area contributed by atoms with Crippen molar-refractivity contribution >= 4 is 5.97 Å². The lowest BCUT2D eigenvalue weighted by molar-refractivity contribution is -0.145. The van der Waals surface area contributed by atoms with Gasteiger partial charge in [-0.1, -0.05) is 12.1 Å². The third-order valence-corrected chi connectivity index (χ3v) is 3.03. The van der Waals surface area contributed by atoms with Gasteiger partial charge in [-0.05, 0) is 44.4 Å². The van der Waals surface area contributed by atoms with E-state index >= 15 is 0 Å². The second kappa shape index (κ2) is 6.57. The van der Waals surface area contributed by atoms with Crippen LogP contribution in [-0.4, -0.2) is 25.2 Å². The number of nitrogens with one attached hydrogen (secondary N) is 1. The van der Waals surface area contributed by atoms with Gasteiger partial charge in [-0.15, -0.1) is 0 Å². The van der Waals surface area contributed by atoms with Crippen molar-refractivity contribution in [3.63, 3.8) is 0 Å². The molecule has 1 fully saturated rings. The van der Waals surface area contributed by atoms with Crippen molar-refractivity contribution in [1.29, 1.82) is 0 Å². The van der Waals surface area contributed by atoms with Crippen molar-refractivity contribution in [2.24, 2.45) is 0 Å². The van der Waals surface area contributed by atoms with Gasteiger partial charge in [0.1, 0.15) is 11.8 Å². The molecular formula is C15H21NO3. The minimum atomic E-state index is -0.372. The maximum atomic E-state index is 12.0. The topological polar surface area (TPSA) is 47.6 Å². The molecule has 0 heterocycles. The Kier molecular flexibility index (Phi) is 4.80. The molecule has 1 atom stereocenters. The van der Waals surface area contributed by atoms with E-state index < -0.39 is 0 Å². The molecule has 1 aliphatic rings. The Hall–Kier alpha value is -1.55. The molecule has 0 aromatic heterocycles. The third-order valence-electron chi connectivity index (χ3n) is 3.03. The monoisotopic (exact) mass is 263 g/mol. The van der Waals surface area contributed by atoms with Crippen molar-refractivity contribution < 1.29 is 14.3 Å². The molecule has 1 N–H and O–H groups in total. The molecule has 4 nitrogen and oxygen atoms in total. The van der Waals surface area contributed by atoms with Crippen molar-refractivity contribution in [2.75, 3.05) is 13.2 Å². The summed E-state index contributed by atoms with van der Waals surface area (Å²) >= 11 is 0. The zero-order valence-electron chi connectivity index (χ0n) is 11.5. The highest BCUT2D eigenvalue weighted by molar-refractivity contribution is 5.77. The zero-order chi connectivity index (χ0) is 13.7. The highest BCUT2D eigenvalue weighted by Gasteiger charge is 2.30. The van der Waals surface area contributed by atoms with Crippen LogP contribution >= 0.6 is 0 Å². The van der Waals surface area contributed by atoms with Crippen LogP contribution in [0.3, 0.4) is 0 Å². The average Bonchev–Trinajstić information content (AvgIpc) is 3.22. The van der Waals surface area contributed by atoms with Gasteiger partial charge in [-0.3, -0.25) is 5.32 Å². The number of carbonyl (C=O) groups excluding carboxylic acids is 1. The van der Waals surface area contributed by atoms with Crippen LogP contribution in [0, 0.1) is 0 Å². The number of benzene rings is 1. The number of hydrogen-bond acceptors (Lipinski definition) is 4. The molecule has 0 radical (unpaired) electrons. The van der Waals surface area contributed by atoms with Crippen LogP contribution in [0.4, 0.5) is 0 Å². The Bertz CT molecular complexity index is 412. The normalized spacial score (nSPS) is 15.9. The smallest absolute Gasteiger partial charge is 0.327 e. The predicted octanol–water partition coefficient (Wildman–Crippen LogP) is 2.44. The second-order valence-electron chi connectivity index (χ2n) is 4.63. The van der Waals surface area contributed by atoms with E-state index in [1.54, 1.807) is 0 Å². The predicted molar refractivity (Wildman–Crippen MR) is 73.1 cm³/mol. The summed E-state index contributed by atoms with van der Waals surface area (Å²) in [5.74, 6) is 0.610. The van der Waals surface area contributed by atoms with E-state index in [9.17, 15) is 4.79 Å². The first-order chi connectivity index (χ1) is 9.24. The van der Waals surface area contributed by atoms with Crippen LogP contribution in [0.1, 0.15) is 38.3 Å². The fourth-order valence-electron chi connectivity index (χ4n) is 1.93. The standard InChI is InChI=1S/C15H21NO3/c1-3-18-13-9-5-11(6-10-13)14(15(17)19-4-2)16-12-7-8-12/h5-6,9-10,12,14,16H,3-4,7-8H2,1-2H3. The van der Waals surface area contributed by atoms with Gasteiger partial charge in [0.25, 0.3) is 0 Å². The quantitative estimate of drug-likeness (QED) is 0.768. The maximum Gasteiger partial charge on any atom is 0.327 e. The minimum Gasteiger partial charge on any atom is -0.494 e. The number of hydrogen-bond donors (Lipinski definition) is 1. The van der Waals surface area contributed by atoms with E-state index in [1.807, 2.05) is 38.1 Å². The molecular weight excluding hydrogens is 242 g/mol. The summed E-state index contributed by atoms with van der Waals surface area (Å²) in [6.07, 6.45) is 2.26. The van der Waals surface area contributed by atoms with Gasteiger partial charge in [0.2, 0.25) is 0 Å². The van der Waals surface area contributed by atoms with Gasteiger partial charge in [0.15, 0.2) is 0 Å². The molecule has 4 heteroatoms. The lowest BCUT2D eigenvalue weighted by Crippen LogP contribution is -2.31. The Labute approximate surface area is 114 Å². The second-order valence-corrected chi connectivity index (χ2v) is 4.63. The summed E-state index contributed by atoms with van der Waals surface area (Å²) in [5.41, 5.74) is 0.925. The Morgan fingerprint density at radius 2 is 1.95 bits per heavy atom. The van der Waals surface area contributed by atoms with Gasteiger partial charge in [0, 0.05) is 6.04 Å². The Morgan fingerprint density at radius 3 is 2.47 bits per heavy atom. The van der Waals surface area contributed by atoms with E-state index in [1.165, 1.54) is 0 Å². The summed E-state index contributed by atoms with van der Waals surface area (Å²) in [6.45, 7) is 4.81. The highest BCUT2D eigenvalue weighted by atomic mass is 16.5. The minimum absolute atomic E-state index is 0.210. The van der Waals surface area contributed by atoms with Crippen LogP contribution in [0.25, 0.3) is 0 Å². The van der Waals surface area contributed by atoms with Gasteiger partial charge in [-0.2, -0.15) is 0 Å². The maximum absolute atomic E-state index is 12.0. The average molecular weight is 263 g/mol. The number of ether oxygens (including phenoxy) is 2. The molecule has 19 heavy (non-hydrogen) atoms. The van der Waals surface area contributed by atoms with E-state index in [0.717, 1.165) is 24.2 Å². The van der Waals surface area contributed by atoms with Crippen LogP contribution < -0.4 is 10.1 Å². The molecule has 1 aromatic rings. The summed E-state index contributed by atoms with van der Waals surface area (Å²) in [5, 5.41) is 3.33. The van der Waals surface area contributed by atoms with E-state index in [0.29, 0.717) is 19.3 Å². The van der Waals surface area contributed by atoms with Crippen LogP contribution in [0.2, 0.25) is 0 Å². The molecule has 2 rings (SSSR count). The highest BCUT2D eigenvalue weighted by Crippen LogP contribution is 2.26. The van der Waals surface area contributed by atoms with Crippen molar-refractivity contribution in [3.8, 4) is 5.75 Å². The fourth-order valence-corrected chi connectivity index (χ4v) is 1.93. The lowest BCUT2D eigenvalue weighted by Gasteiger charge is -2.17. The number of carbonyl (C=O) groups is 1. The van der Waals surface area contributed by atoms with E-state index in [4.69, 9.17) is 9.47 Å². The van der Waals surface area contributed by atoms with E-state index in [-0.39, 0.29) is 12.0 Å². The Morgan fingerprint density at radius 1 is 1.26 bits per heavy atom. The van der Waals surface area contributed by atoms with Crippen LogP contribution in [0.15, 0.2) is 24.3 Å². The molecule has 1 unspecified atom stereocenters. The van der Waals surface area contributed by atoms with E-state index in [2.05, 4.69) is 5.32 Å². The zero-order valence-corrected chi connectivity index (χ0v) is 11.5. The van der Waals surface area contributed by atoms with Gasteiger partial charge in [-0.25, -0.2) is 4.79 Å². The first-order valence-electron chi connectivity index (χ1n) is 6.90. The molecule has 1 saturated carbocycles. The Balaban J connectivity index is 2.09. The van der Waals surface area contributed by atoms with Gasteiger partial charge in [0.05, 0.1) is 13.2 Å². The largest absolute Gasteiger partial charge is 0.494 e. The first-order valence-corrected chi connectivity index (χ1v) is 6.90. The van der Waals surface area contributed by atoms with Gasteiger partial charge < -0.3 is 9.47 Å². The fraction of sp³-hybridized carbons (Fsp3) is 0.533. The van der Waals surface area contributed by atoms with Crippen molar-refractivity contribution in [1.82, 2.24) is 5.32 Å². The SMILES string of the molecule is CCOC(=O)C(NC1CC1)c1ccc(OCC)cc1.